The van der Waals surface area contributed by atoms with E-state index < -0.39 is 11.9 Å². The van der Waals surface area contributed by atoms with Crippen LogP contribution in [0, 0.1) is 11.7 Å². The second kappa shape index (κ2) is 5.31. The number of nitrogens with zero attached hydrogens (tertiary/aromatic N) is 1. The van der Waals surface area contributed by atoms with Crippen molar-refractivity contribution in [3.8, 4) is 0 Å². The van der Waals surface area contributed by atoms with E-state index in [4.69, 9.17) is 0 Å². The monoisotopic (exact) mass is 289 g/mol. The number of amides is 1. The molecule has 3 unspecified atom stereocenters. The molecule has 5 heteroatoms. The Morgan fingerprint density at radius 3 is 2.81 bits per heavy atom. The molecule has 1 amide bonds. The molecule has 2 fully saturated rings. The Kier molecular flexibility index (Phi) is 3.49. The minimum atomic E-state index is -0.825. The lowest BCUT2D eigenvalue weighted by molar-refractivity contribution is -0.143. The highest BCUT2D eigenvalue weighted by molar-refractivity contribution is 5.93. The van der Waals surface area contributed by atoms with E-state index in [1.165, 1.54) is 18.2 Å². The number of rotatable bonds is 3. The van der Waals surface area contributed by atoms with Gasteiger partial charge in [0.2, 0.25) is 5.91 Å². The Bertz CT molecular complexity index is 613. The number of carboxylic acid groups (broad SMARTS) is 1. The van der Waals surface area contributed by atoms with Gasteiger partial charge in [-0.3, -0.25) is 9.59 Å². The Hall–Kier alpha value is -2.17. The van der Waals surface area contributed by atoms with Crippen molar-refractivity contribution < 1.29 is 19.1 Å². The van der Waals surface area contributed by atoms with Crippen LogP contribution in [0.1, 0.15) is 24.8 Å². The van der Waals surface area contributed by atoms with Crippen molar-refractivity contribution in [2.75, 3.05) is 0 Å². The van der Waals surface area contributed by atoms with Crippen LogP contribution >= 0.6 is 0 Å². The van der Waals surface area contributed by atoms with Crippen LogP contribution in [0.2, 0.25) is 0 Å². The van der Waals surface area contributed by atoms with Gasteiger partial charge in [0.05, 0.1) is 5.92 Å². The third kappa shape index (κ3) is 2.55. The molecule has 2 saturated heterocycles. The van der Waals surface area contributed by atoms with Gasteiger partial charge in [0, 0.05) is 18.2 Å². The summed E-state index contributed by atoms with van der Waals surface area (Å²) in [6.07, 6.45) is 5.14. The molecule has 0 spiro atoms. The number of benzene rings is 1. The van der Waals surface area contributed by atoms with Crippen molar-refractivity contribution in [1.82, 2.24) is 4.90 Å². The van der Waals surface area contributed by atoms with E-state index in [2.05, 4.69) is 0 Å². The number of carbonyl (C=O) groups excluding carboxylic acids is 1. The first-order chi connectivity index (χ1) is 10.1. The van der Waals surface area contributed by atoms with Gasteiger partial charge in [-0.15, -0.1) is 0 Å². The molecule has 110 valence electrons. The molecule has 3 rings (SSSR count). The molecule has 2 bridgehead atoms. The second-order valence-electron chi connectivity index (χ2n) is 5.61. The summed E-state index contributed by atoms with van der Waals surface area (Å²) >= 11 is 0. The fourth-order valence-corrected chi connectivity index (χ4v) is 3.46. The first kappa shape index (κ1) is 13.8. The molecular weight excluding hydrogens is 273 g/mol. The number of hydrogen-bond donors (Lipinski definition) is 1. The van der Waals surface area contributed by atoms with Gasteiger partial charge >= 0.3 is 5.97 Å². The zero-order chi connectivity index (χ0) is 15.0. The summed E-state index contributed by atoms with van der Waals surface area (Å²) in [5, 5.41) is 9.18. The molecular formula is C16H16FNO3. The van der Waals surface area contributed by atoms with Crippen LogP contribution in [-0.4, -0.2) is 34.0 Å². The van der Waals surface area contributed by atoms with Gasteiger partial charge in [-0.2, -0.15) is 0 Å². The van der Waals surface area contributed by atoms with E-state index >= 15 is 0 Å². The average molecular weight is 289 g/mol. The summed E-state index contributed by atoms with van der Waals surface area (Å²) in [7, 11) is 0. The number of fused-ring (bicyclic) bond motifs is 2. The molecule has 1 N–H and O–H groups in total. The van der Waals surface area contributed by atoms with Crippen molar-refractivity contribution in [3.63, 3.8) is 0 Å². The van der Waals surface area contributed by atoms with E-state index in [1.807, 2.05) is 0 Å². The topological polar surface area (TPSA) is 57.6 Å². The number of hydrogen-bond acceptors (Lipinski definition) is 2. The molecule has 0 aromatic heterocycles. The van der Waals surface area contributed by atoms with Gasteiger partial charge in [0.1, 0.15) is 5.82 Å². The van der Waals surface area contributed by atoms with Crippen LogP contribution < -0.4 is 0 Å². The first-order valence-electron chi connectivity index (χ1n) is 7.05. The summed E-state index contributed by atoms with van der Waals surface area (Å²) in [6, 6.07) is 5.82. The smallest absolute Gasteiger partial charge is 0.308 e. The third-order valence-corrected chi connectivity index (χ3v) is 4.38. The van der Waals surface area contributed by atoms with Crippen LogP contribution in [0.5, 0.6) is 0 Å². The van der Waals surface area contributed by atoms with Gasteiger partial charge in [-0.05, 0) is 43.0 Å². The average Bonchev–Trinajstić information content (AvgIpc) is 3.02. The summed E-state index contributed by atoms with van der Waals surface area (Å²) in [5.41, 5.74) is 0.615. The van der Waals surface area contributed by atoms with Crippen LogP contribution in [0.25, 0.3) is 6.08 Å². The van der Waals surface area contributed by atoms with E-state index in [1.54, 1.807) is 23.1 Å². The van der Waals surface area contributed by atoms with Gasteiger partial charge in [0.15, 0.2) is 0 Å². The Labute approximate surface area is 121 Å². The minimum Gasteiger partial charge on any atom is -0.481 e. The number of carbonyl (C=O) groups is 2. The predicted octanol–water partition coefficient (Wildman–Crippen LogP) is 2.30. The zero-order valence-corrected chi connectivity index (χ0v) is 11.4. The Morgan fingerprint density at radius 1 is 1.33 bits per heavy atom. The molecule has 2 aliphatic heterocycles. The first-order valence-corrected chi connectivity index (χ1v) is 7.05. The minimum absolute atomic E-state index is 0.0285. The molecule has 2 heterocycles. The predicted molar refractivity (Wildman–Crippen MR) is 74.8 cm³/mol. The van der Waals surface area contributed by atoms with Crippen molar-refractivity contribution >= 4 is 18.0 Å². The van der Waals surface area contributed by atoms with E-state index in [0.29, 0.717) is 12.0 Å². The lowest BCUT2D eigenvalue weighted by Gasteiger charge is -2.21. The third-order valence-electron chi connectivity index (χ3n) is 4.38. The summed E-state index contributed by atoms with van der Waals surface area (Å²) in [5.74, 6) is -1.81. The van der Waals surface area contributed by atoms with Crippen LogP contribution in [0.4, 0.5) is 4.39 Å². The Morgan fingerprint density at radius 2 is 2.14 bits per heavy atom. The summed E-state index contributed by atoms with van der Waals surface area (Å²) < 4.78 is 13.1. The van der Waals surface area contributed by atoms with Gasteiger partial charge in [0.25, 0.3) is 0 Å². The van der Waals surface area contributed by atoms with E-state index in [9.17, 15) is 19.1 Å². The maximum atomic E-state index is 13.1. The van der Waals surface area contributed by atoms with Gasteiger partial charge < -0.3 is 10.0 Å². The fraction of sp³-hybridized carbons (Fsp3) is 0.375. The number of halogens is 1. The lowest BCUT2D eigenvalue weighted by atomic mass is 9.89. The van der Waals surface area contributed by atoms with Crippen LogP contribution in [0.3, 0.4) is 0 Å². The van der Waals surface area contributed by atoms with E-state index in [0.717, 1.165) is 12.8 Å². The van der Waals surface area contributed by atoms with E-state index in [-0.39, 0.29) is 23.8 Å². The molecule has 0 radical (unpaired) electrons. The number of carboxylic acids is 1. The second-order valence-corrected chi connectivity index (χ2v) is 5.61. The molecule has 21 heavy (non-hydrogen) atoms. The lowest BCUT2D eigenvalue weighted by Crippen LogP contribution is -2.36. The molecule has 4 nitrogen and oxygen atoms in total. The molecule has 0 aliphatic carbocycles. The highest BCUT2D eigenvalue weighted by Crippen LogP contribution is 2.41. The Balaban J connectivity index is 1.73. The molecule has 3 atom stereocenters. The molecule has 2 aliphatic rings. The van der Waals surface area contributed by atoms with Crippen molar-refractivity contribution in [1.29, 1.82) is 0 Å². The highest BCUT2D eigenvalue weighted by atomic mass is 19.1. The fourth-order valence-electron chi connectivity index (χ4n) is 3.46. The molecule has 0 saturated carbocycles. The summed E-state index contributed by atoms with van der Waals surface area (Å²) in [6.45, 7) is 0. The standard InChI is InChI=1S/C16H16FNO3/c17-11-3-1-2-10(8-11)4-7-15(19)18-12-5-6-14(18)13(9-12)16(20)21/h1-4,7-8,12-14H,5-6,9H2,(H,20,21). The van der Waals surface area contributed by atoms with Crippen LogP contribution in [0.15, 0.2) is 30.3 Å². The van der Waals surface area contributed by atoms with Crippen molar-refractivity contribution in [3.05, 3.63) is 41.7 Å². The maximum Gasteiger partial charge on any atom is 0.308 e. The normalized spacial score (nSPS) is 27.5. The summed E-state index contributed by atoms with van der Waals surface area (Å²) in [4.78, 5) is 25.2. The zero-order valence-electron chi connectivity index (χ0n) is 11.4. The van der Waals surface area contributed by atoms with Crippen molar-refractivity contribution in [2.24, 2.45) is 5.92 Å². The van der Waals surface area contributed by atoms with Gasteiger partial charge in [-0.1, -0.05) is 12.1 Å². The van der Waals surface area contributed by atoms with Crippen molar-refractivity contribution in [2.45, 2.75) is 31.3 Å². The van der Waals surface area contributed by atoms with Crippen LogP contribution in [-0.2, 0) is 9.59 Å². The SMILES string of the molecule is O=C(O)C1CC2CCC1N2C(=O)C=Cc1cccc(F)c1. The maximum absolute atomic E-state index is 13.1. The molecule has 1 aromatic rings. The quantitative estimate of drug-likeness (QED) is 0.869. The molecule has 1 aromatic carbocycles. The highest BCUT2D eigenvalue weighted by Gasteiger charge is 2.50. The largest absolute Gasteiger partial charge is 0.481 e. The number of aliphatic carboxylic acids is 1. The van der Waals surface area contributed by atoms with Gasteiger partial charge in [-0.25, -0.2) is 4.39 Å².